The topological polar surface area (TPSA) is 96.0 Å². The predicted molar refractivity (Wildman–Crippen MR) is 91.4 cm³/mol. The summed E-state index contributed by atoms with van der Waals surface area (Å²) in [6.45, 7) is 4.42. The molecule has 1 aromatic carbocycles. The molecule has 1 atom stereocenters. The number of unbranched alkanes of at least 4 members (excludes halogenated alkanes) is 1. The Labute approximate surface area is 138 Å². The summed E-state index contributed by atoms with van der Waals surface area (Å²) in [7, 11) is 0. The zero-order chi connectivity index (χ0) is 17.3. The molecule has 0 spiro atoms. The van der Waals surface area contributed by atoms with Crippen molar-refractivity contribution in [3.63, 3.8) is 0 Å². The van der Waals surface area contributed by atoms with Crippen molar-refractivity contribution in [2.45, 2.75) is 39.3 Å². The maximum absolute atomic E-state index is 12.4. The van der Waals surface area contributed by atoms with Crippen LogP contribution in [0.5, 0.6) is 0 Å². The number of urea groups is 1. The average molecular weight is 328 g/mol. The second-order valence-electron chi connectivity index (χ2n) is 5.97. The number of nitrogens with one attached hydrogen (secondary N) is 3. The van der Waals surface area contributed by atoms with Gasteiger partial charge in [0.05, 0.1) is 11.6 Å². The summed E-state index contributed by atoms with van der Waals surface area (Å²) in [5, 5.41) is 5.39. The van der Waals surface area contributed by atoms with E-state index in [1.165, 1.54) is 4.57 Å². The maximum Gasteiger partial charge on any atom is 0.329 e. The number of fused-ring (bicyclic) bond motifs is 1. The average Bonchev–Trinajstić information content (AvgIpc) is 2.54. The van der Waals surface area contributed by atoms with Gasteiger partial charge in [0.1, 0.15) is 5.82 Å². The minimum atomic E-state index is -0.591. The van der Waals surface area contributed by atoms with Crippen LogP contribution >= 0.6 is 0 Å². The van der Waals surface area contributed by atoms with Crippen LogP contribution in [-0.2, 0) is 6.54 Å². The zero-order valence-electron chi connectivity index (χ0n) is 13.7. The third-order valence-electron chi connectivity index (χ3n) is 4.18. The number of amides is 2. The van der Waals surface area contributed by atoms with Crippen molar-refractivity contribution in [2.24, 2.45) is 0 Å². The summed E-state index contributed by atoms with van der Waals surface area (Å²) in [5.74, 6) is 0.284. The van der Waals surface area contributed by atoms with Crippen molar-refractivity contribution in [1.29, 1.82) is 0 Å². The third-order valence-corrected chi connectivity index (χ3v) is 4.18. The van der Waals surface area contributed by atoms with Gasteiger partial charge in [-0.3, -0.25) is 19.7 Å². The fourth-order valence-corrected chi connectivity index (χ4v) is 2.87. The second kappa shape index (κ2) is 6.35. The van der Waals surface area contributed by atoms with E-state index in [4.69, 9.17) is 0 Å². The van der Waals surface area contributed by atoms with Gasteiger partial charge in [0.15, 0.2) is 0 Å². The van der Waals surface area contributed by atoms with Crippen LogP contribution in [0.25, 0.3) is 0 Å². The summed E-state index contributed by atoms with van der Waals surface area (Å²) in [5.41, 5.74) is 1.25. The minimum Gasteiger partial charge on any atom is -0.327 e. The molecule has 1 aliphatic rings. The first-order valence-electron chi connectivity index (χ1n) is 8.02. The van der Waals surface area contributed by atoms with Gasteiger partial charge in [0, 0.05) is 6.54 Å². The second-order valence-corrected chi connectivity index (χ2v) is 5.97. The van der Waals surface area contributed by atoms with Crippen LogP contribution in [0.2, 0.25) is 0 Å². The smallest absolute Gasteiger partial charge is 0.327 e. The Bertz CT molecular complexity index is 880. The van der Waals surface area contributed by atoms with Crippen LogP contribution in [-0.4, -0.2) is 15.6 Å². The van der Waals surface area contributed by atoms with Crippen LogP contribution < -0.4 is 21.9 Å². The zero-order valence-corrected chi connectivity index (χ0v) is 13.7. The molecule has 0 saturated heterocycles. The Balaban J connectivity index is 2.18. The number of carbonyl (C=O) groups excluding carboxylic acids is 1. The highest BCUT2D eigenvalue weighted by Crippen LogP contribution is 2.28. The van der Waals surface area contributed by atoms with E-state index in [9.17, 15) is 14.4 Å². The molecule has 0 saturated carbocycles. The molecule has 2 amide bonds. The Morgan fingerprint density at radius 3 is 2.50 bits per heavy atom. The SMILES string of the molecule is CCCCn1c2c(c(=O)[nH]c1=O)C(c1ccc(C)cc1)NC(=O)N2. The molecule has 0 fully saturated rings. The van der Waals surface area contributed by atoms with Crippen LogP contribution in [0.15, 0.2) is 33.9 Å². The molecule has 0 radical (unpaired) electrons. The van der Waals surface area contributed by atoms with E-state index in [-0.39, 0.29) is 5.82 Å². The number of nitrogens with zero attached hydrogens (tertiary/aromatic N) is 1. The first-order valence-corrected chi connectivity index (χ1v) is 8.02. The summed E-state index contributed by atoms with van der Waals surface area (Å²) in [6.07, 6.45) is 1.67. The standard InChI is InChI=1S/C17H20N4O3/c1-3-4-9-21-14-12(15(22)20-17(21)24)13(18-16(23)19-14)11-7-5-10(2)6-8-11/h5-8,13H,3-4,9H2,1-2H3,(H2,18,19,23)(H,20,22,24). The van der Waals surface area contributed by atoms with E-state index in [1.54, 1.807) is 0 Å². The molecule has 7 nitrogen and oxygen atoms in total. The lowest BCUT2D eigenvalue weighted by Crippen LogP contribution is -2.46. The van der Waals surface area contributed by atoms with Gasteiger partial charge in [-0.05, 0) is 18.9 Å². The van der Waals surface area contributed by atoms with Gasteiger partial charge >= 0.3 is 11.7 Å². The first-order chi connectivity index (χ1) is 11.5. The van der Waals surface area contributed by atoms with E-state index in [2.05, 4.69) is 15.6 Å². The number of H-pyrrole nitrogens is 1. The monoisotopic (exact) mass is 328 g/mol. The van der Waals surface area contributed by atoms with Gasteiger partial charge < -0.3 is 5.32 Å². The fourth-order valence-electron chi connectivity index (χ4n) is 2.87. The lowest BCUT2D eigenvalue weighted by atomic mass is 9.97. The molecule has 0 aliphatic carbocycles. The molecule has 24 heavy (non-hydrogen) atoms. The van der Waals surface area contributed by atoms with Gasteiger partial charge in [0.2, 0.25) is 0 Å². The number of carbonyl (C=O) groups is 1. The summed E-state index contributed by atoms with van der Waals surface area (Å²) >= 11 is 0. The van der Waals surface area contributed by atoms with E-state index in [1.807, 2.05) is 38.1 Å². The predicted octanol–water partition coefficient (Wildman–Crippen LogP) is 1.87. The number of aromatic nitrogens is 2. The largest absolute Gasteiger partial charge is 0.329 e. The highest BCUT2D eigenvalue weighted by atomic mass is 16.2. The van der Waals surface area contributed by atoms with Crippen molar-refractivity contribution in [2.75, 3.05) is 5.32 Å². The number of benzene rings is 1. The quantitative estimate of drug-likeness (QED) is 0.799. The van der Waals surface area contributed by atoms with Crippen molar-refractivity contribution in [1.82, 2.24) is 14.9 Å². The molecule has 1 aromatic heterocycles. The number of rotatable bonds is 4. The molecular formula is C17H20N4O3. The first kappa shape index (κ1) is 16.0. The van der Waals surface area contributed by atoms with Gasteiger partial charge in [-0.15, -0.1) is 0 Å². The lowest BCUT2D eigenvalue weighted by molar-refractivity contribution is 0.248. The Morgan fingerprint density at radius 2 is 1.83 bits per heavy atom. The van der Waals surface area contributed by atoms with Gasteiger partial charge in [0.25, 0.3) is 5.56 Å². The van der Waals surface area contributed by atoms with Crippen molar-refractivity contribution in [3.05, 3.63) is 61.8 Å². The van der Waals surface area contributed by atoms with Gasteiger partial charge in [-0.25, -0.2) is 9.59 Å². The molecule has 2 heterocycles. The summed E-state index contributed by atoms with van der Waals surface area (Å²) in [4.78, 5) is 39.0. The van der Waals surface area contributed by atoms with Crippen molar-refractivity contribution >= 4 is 11.8 Å². The molecule has 0 bridgehead atoms. The summed E-state index contributed by atoms with van der Waals surface area (Å²) < 4.78 is 1.43. The van der Waals surface area contributed by atoms with Crippen LogP contribution in [0, 0.1) is 6.92 Å². The molecule has 126 valence electrons. The molecule has 1 aliphatic heterocycles. The maximum atomic E-state index is 12.4. The third kappa shape index (κ3) is 2.84. The fraction of sp³-hybridized carbons (Fsp3) is 0.353. The lowest BCUT2D eigenvalue weighted by Gasteiger charge is -2.28. The highest BCUT2D eigenvalue weighted by Gasteiger charge is 2.31. The number of anilines is 1. The molecule has 3 N–H and O–H groups in total. The number of aryl methyl sites for hydroxylation is 1. The number of hydrogen-bond donors (Lipinski definition) is 3. The van der Waals surface area contributed by atoms with E-state index in [0.717, 1.165) is 24.0 Å². The van der Waals surface area contributed by atoms with Crippen LogP contribution in [0.1, 0.15) is 42.5 Å². The normalized spacial score (nSPS) is 16.2. The van der Waals surface area contributed by atoms with Gasteiger partial charge in [-0.2, -0.15) is 0 Å². The van der Waals surface area contributed by atoms with Crippen molar-refractivity contribution < 1.29 is 4.79 Å². The molecular weight excluding hydrogens is 308 g/mol. The van der Waals surface area contributed by atoms with E-state index in [0.29, 0.717) is 12.1 Å². The molecule has 1 unspecified atom stereocenters. The van der Waals surface area contributed by atoms with Crippen molar-refractivity contribution in [3.8, 4) is 0 Å². The number of aromatic amines is 1. The Hall–Kier alpha value is -2.83. The highest BCUT2D eigenvalue weighted by molar-refractivity contribution is 5.92. The number of hydrogen-bond acceptors (Lipinski definition) is 3. The van der Waals surface area contributed by atoms with Crippen LogP contribution in [0.4, 0.5) is 10.6 Å². The van der Waals surface area contributed by atoms with E-state index >= 15 is 0 Å². The summed E-state index contributed by atoms with van der Waals surface area (Å²) in [6, 6.07) is 6.57. The Morgan fingerprint density at radius 1 is 1.12 bits per heavy atom. The molecule has 2 aromatic rings. The van der Waals surface area contributed by atoms with E-state index < -0.39 is 23.3 Å². The van der Waals surface area contributed by atoms with Gasteiger partial charge in [-0.1, -0.05) is 43.2 Å². The Kier molecular flexibility index (Phi) is 4.24. The molecule has 3 rings (SSSR count). The minimum absolute atomic E-state index is 0.284. The van der Waals surface area contributed by atoms with Crippen LogP contribution in [0.3, 0.4) is 0 Å². The molecule has 7 heteroatoms.